The van der Waals surface area contributed by atoms with Crippen LogP contribution in [-0.4, -0.2) is 60.6 Å². The van der Waals surface area contributed by atoms with Crippen molar-refractivity contribution < 1.29 is 14.4 Å². The molecule has 1 atom stereocenters. The van der Waals surface area contributed by atoms with Crippen LogP contribution in [0.2, 0.25) is 10.0 Å². The molecule has 0 radical (unpaired) electrons. The van der Waals surface area contributed by atoms with Crippen molar-refractivity contribution in [2.24, 2.45) is 0 Å². The Hall–Kier alpha value is -2.92. The van der Waals surface area contributed by atoms with Gasteiger partial charge >= 0.3 is 0 Å². The number of likely N-dealkylation sites (tertiary alicyclic amines) is 1. The van der Waals surface area contributed by atoms with Gasteiger partial charge in [0.05, 0.1) is 11.5 Å². The summed E-state index contributed by atoms with van der Waals surface area (Å²) in [5.74, 6) is -0.390. The first-order chi connectivity index (χ1) is 19.3. The number of nitrogens with zero attached hydrogens (tertiary/aromatic N) is 3. The number of halogens is 2. The summed E-state index contributed by atoms with van der Waals surface area (Å²) in [5.41, 5.74) is 3.04. The predicted molar refractivity (Wildman–Crippen MR) is 156 cm³/mol. The van der Waals surface area contributed by atoms with E-state index in [2.05, 4.69) is 22.4 Å². The van der Waals surface area contributed by atoms with Crippen molar-refractivity contribution in [3.05, 3.63) is 68.7 Å². The van der Waals surface area contributed by atoms with Gasteiger partial charge in [-0.3, -0.25) is 9.59 Å². The van der Waals surface area contributed by atoms with E-state index in [0.29, 0.717) is 28.6 Å². The van der Waals surface area contributed by atoms with E-state index in [1.807, 2.05) is 18.2 Å². The molecule has 0 aliphatic carbocycles. The number of aryl methyl sites for hydroxylation is 1. The average Bonchev–Trinajstić information content (AvgIpc) is 3.31. The maximum Gasteiger partial charge on any atom is 0.255 e. The van der Waals surface area contributed by atoms with Gasteiger partial charge in [0.25, 0.3) is 5.91 Å². The average molecular weight is 584 g/mol. The number of amides is 2. The van der Waals surface area contributed by atoms with Crippen molar-refractivity contribution in [2.75, 3.05) is 26.7 Å². The minimum absolute atomic E-state index is 0.144. The Balaban J connectivity index is 1.27. The number of benzene rings is 2. The highest BCUT2D eigenvalue weighted by molar-refractivity contribution is 6.33. The van der Waals surface area contributed by atoms with Gasteiger partial charge in [0.1, 0.15) is 12.3 Å². The summed E-state index contributed by atoms with van der Waals surface area (Å²) in [4.78, 5) is 40.5. The lowest BCUT2D eigenvalue weighted by Crippen LogP contribution is -2.46. The monoisotopic (exact) mass is 582 g/mol. The third-order valence-electron chi connectivity index (χ3n) is 8.36. The van der Waals surface area contributed by atoms with Gasteiger partial charge in [-0.1, -0.05) is 41.8 Å². The van der Waals surface area contributed by atoms with E-state index in [-0.39, 0.29) is 18.2 Å². The Kier molecular flexibility index (Phi) is 10.2. The van der Waals surface area contributed by atoms with Crippen molar-refractivity contribution in [1.82, 2.24) is 15.1 Å². The molecule has 0 bridgehead atoms. The summed E-state index contributed by atoms with van der Waals surface area (Å²) >= 11 is 12.6. The number of hydrogen-bond donors (Lipinski definition) is 1. The third kappa shape index (κ3) is 6.52. The number of carbonyl (C=O) groups is 3. The Bertz CT molecular complexity index is 1280. The number of carbonyl (C=O) groups excluding carboxylic acids is 3. The van der Waals surface area contributed by atoms with Gasteiger partial charge in [-0.15, -0.1) is 0 Å². The highest BCUT2D eigenvalue weighted by atomic mass is 35.5. The molecule has 0 spiro atoms. The van der Waals surface area contributed by atoms with Crippen LogP contribution in [-0.2, 0) is 28.0 Å². The number of rotatable bonds is 12. The van der Waals surface area contributed by atoms with Crippen molar-refractivity contribution in [1.29, 1.82) is 5.26 Å². The summed E-state index contributed by atoms with van der Waals surface area (Å²) in [5, 5.41) is 13.9. The van der Waals surface area contributed by atoms with Crippen LogP contribution in [0.3, 0.4) is 0 Å². The molecule has 1 fully saturated rings. The van der Waals surface area contributed by atoms with Gasteiger partial charge in [0.15, 0.2) is 0 Å². The molecule has 2 amide bonds. The molecule has 2 aliphatic rings. The van der Waals surface area contributed by atoms with Crippen LogP contribution in [0.25, 0.3) is 0 Å². The number of unbranched alkanes of at least 4 members (excludes halogenated alkanes) is 2. The van der Waals surface area contributed by atoms with E-state index in [0.717, 1.165) is 81.1 Å². The maximum atomic E-state index is 13.1. The van der Waals surface area contributed by atoms with Crippen LogP contribution in [0.4, 0.5) is 0 Å². The molecule has 4 rings (SSSR count). The van der Waals surface area contributed by atoms with Gasteiger partial charge in [-0.05, 0) is 99.1 Å². The molecule has 9 heteroatoms. The van der Waals surface area contributed by atoms with E-state index >= 15 is 0 Å². The molecule has 1 N–H and O–H groups in total. The number of hydrogen-bond acceptors (Lipinski definition) is 5. The molecule has 1 unspecified atom stereocenters. The van der Waals surface area contributed by atoms with Crippen LogP contribution in [0.1, 0.15) is 72.0 Å². The Morgan fingerprint density at radius 2 is 1.95 bits per heavy atom. The fourth-order valence-corrected chi connectivity index (χ4v) is 6.49. The van der Waals surface area contributed by atoms with Crippen LogP contribution in [0.5, 0.6) is 0 Å². The fourth-order valence-electron chi connectivity index (χ4n) is 6.02. The lowest BCUT2D eigenvalue weighted by Gasteiger charge is -2.38. The quantitative estimate of drug-likeness (QED) is 0.270. The second-order valence-electron chi connectivity index (χ2n) is 10.7. The number of piperidine rings is 1. The summed E-state index contributed by atoms with van der Waals surface area (Å²) < 4.78 is 0. The zero-order valence-electron chi connectivity index (χ0n) is 22.9. The van der Waals surface area contributed by atoms with E-state index < -0.39 is 11.5 Å². The van der Waals surface area contributed by atoms with Crippen molar-refractivity contribution in [3.63, 3.8) is 0 Å². The number of nitriles is 1. The summed E-state index contributed by atoms with van der Waals surface area (Å²) in [6, 6.07) is 13.1. The zero-order chi connectivity index (χ0) is 28.7. The minimum Gasteiger partial charge on any atom is -0.357 e. The smallest absolute Gasteiger partial charge is 0.255 e. The molecule has 0 saturated carbocycles. The van der Waals surface area contributed by atoms with Crippen LogP contribution in [0, 0.1) is 11.3 Å². The highest BCUT2D eigenvalue weighted by Gasteiger charge is 2.38. The van der Waals surface area contributed by atoms with Gasteiger partial charge in [-0.2, -0.15) is 5.26 Å². The number of fused-ring (bicyclic) bond motifs is 1. The fraction of sp³-hybridized carbons (Fsp3) is 0.484. The standard InChI is InChI=1S/C31H36Cl2N4O3/c1-35-29(39)28(10-6-18-38)37-20-25-22(8-5-9-24(25)30(37)40)7-3-2-4-15-36-16-13-31(21-34,14-17-36)26-19-23(32)11-12-27(26)33/h5,8-9,11-12,18-19,28H,2-4,6-7,10,13-17,20H2,1H3,(H,35,39). The van der Waals surface area contributed by atoms with E-state index in [1.54, 1.807) is 24.1 Å². The van der Waals surface area contributed by atoms with Gasteiger partial charge in [-0.25, -0.2) is 0 Å². The van der Waals surface area contributed by atoms with Gasteiger partial charge < -0.3 is 19.9 Å². The first kappa shape index (κ1) is 30.0. The molecule has 2 heterocycles. The number of nitrogens with one attached hydrogen (secondary N) is 1. The predicted octanol–water partition coefficient (Wildman–Crippen LogP) is 5.31. The van der Waals surface area contributed by atoms with Crippen molar-refractivity contribution >= 4 is 41.3 Å². The second kappa shape index (κ2) is 13.6. The van der Waals surface area contributed by atoms with Crippen LogP contribution >= 0.6 is 23.2 Å². The lowest BCUT2D eigenvalue weighted by atomic mass is 9.74. The molecule has 40 heavy (non-hydrogen) atoms. The molecule has 212 valence electrons. The summed E-state index contributed by atoms with van der Waals surface area (Å²) in [6.45, 7) is 3.06. The third-order valence-corrected chi connectivity index (χ3v) is 8.93. The lowest BCUT2D eigenvalue weighted by molar-refractivity contribution is -0.125. The molecule has 2 aromatic rings. The van der Waals surface area contributed by atoms with Crippen LogP contribution < -0.4 is 5.32 Å². The highest BCUT2D eigenvalue weighted by Crippen LogP contribution is 2.40. The number of aldehydes is 1. The van der Waals surface area contributed by atoms with E-state index in [1.165, 1.54) is 0 Å². The second-order valence-corrected chi connectivity index (χ2v) is 11.6. The zero-order valence-corrected chi connectivity index (χ0v) is 24.4. The molecule has 2 aromatic carbocycles. The maximum absolute atomic E-state index is 13.1. The topological polar surface area (TPSA) is 93.5 Å². The van der Waals surface area contributed by atoms with Gasteiger partial charge in [0.2, 0.25) is 5.91 Å². The number of likely N-dealkylation sites (N-methyl/N-ethyl adjacent to an activating group) is 1. The minimum atomic E-state index is -0.651. The molecular weight excluding hydrogens is 547 g/mol. The molecule has 1 saturated heterocycles. The van der Waals surface area contributed by atoms with E-state index in [9.17, 15) is 19.6 Å². The molecule has 2 aliphatic heterocycles. The van der Waals surface area contributed by atoms with Crippen LogP contribution in [0.15, 0.2) is 36.4 Å². The normalized spacial score (nSPS) is 17.2. The molecular formula is C31H36Cl2N4O3. The molecule has 7 nitrogen and oxygen atoms in total. The largest absolute Gasteiger partial charge is 0.357 e. The molecule has 0 aromatic heterocycles. The Morgan fingerprint density at radius 1 is 1.18 bits per heavy atom. The Labute approximate surface area is 246 Å². The summed E-state index contributed by atoms with van der Waals surface area (Å²) in [6.07, 6.45) is 6.78. The van der Waals surface area contributed by atoms with E-state index in [4.69, 9.17) is 23.2 Å². The van der Waals surface area contributed by atoms with Gasteiger partial charge in [0, 0.05) is 35.6 Å². The summed E-state index contributed by atoms with van der Waals surface area (Å²) in [7, 11) is 1.55. The first-order valence-corrected chi connectivity index (χ1v) is 14.7. The first-order valence-electron chi connectivity index (χ1n) is 14.0. The Morgan fingerprint density at radius 3 is 2.65 bits per heavy atom. The van der Waals surface area contributed by atoms with Crippen molar-refractivity contribution in [2.45, 2.75) is 69.4 Å². The van der Waals surface area contributed by atoms with Crippen molar-refractivity contribution in [3.8, 4) is 6.07 Å². The SMILES string of the molecule is CNC(=O)C(CCC=O)N1Cc2c(CCCCCN3CCC(C#N)(c4cc(Cl)ccc4Cl)CC3)cccc2C1=O.